The first-order valence-electron chi connectivity index (χ1n) is 8.48. The van der Waals surface area contributed by atoms with Gasteiger partial charge in [-0.25, -0.2) is 9.18 Å². The van der Waals surface area contributed by atoms with Gasteiger partial charge in [-0.15, -0.1) is 0 Å². The van der Waals surface area contributed by atoms with E-state index < -0.39 is 5.97 Å². The van der Waals surface area contributed by atoms with Crippen LogP contribution in [0, 0.1) is 5.82 Å². The van der Waals surface area contributed by atoms with E-state index in [0.29, 0.717) is 28.7 Å². The summed E-state index contributed by atoms with van der Waals surface area (Å²) in [5.41, 5.74) is 1.52. The molecule has 0 spiro atoms. The number of hydrogen-bond donors (Lipinski definition) is 1. The third-order valence-electron chi connectivity index (χ3n) is 4.16. The van der Waals surface area contributed by atoms with E-state index in [2.05, 4.69) is 15.2 Å². The van der Waals surface area contributed by atoms with Gasteiger partial charge in [0.05, 0.1) is 31.0 Å². The van der Waals surface area contributed by atoms with Crippen molar-refractivity contribution < 1.29 is 18.7 Å². The lowest BCUT2D eigenvalue weighted by atomic mass is 10.1. The Bertz CT molecular complexity index is 748. The minimum atomic E-state index is -0.463. The van der Waals surface area contributed by atoms with E-state index in [9.17, 15) is 9.18 Å². The molecule has 1 aromatic carbocycles. The van der Waals surface area contributed by atoms with Gasteiger partial charge < -0.3 is 14.8 Å². The Morgan fingerprint density at radius 2 is 2.20 bits per heavy atom. The van der Waals surface area contributed by atoms with E-state index in [1.807, 2.05) is 0 Å². The number of carbonyl (C=O) groups excluding carboxylic acids is 1. The number of anilines is 1. The topological polar surface area (TPSA) is 63.7 Å². The number of ether oxygens (including phenoxy) is 2. The highest BCUT2D eigenvalue weighted by Gasteiger charge is 2.17. The number of nitrogens with zero attached hydrogens (tertiary/aromatic N) is 2. The van der Waals surface area contributed by atoms with Crippen molar-refractivity contribution in [2.75, 3.05) is 51.3 Å². The zero-order chi connectivity index (χ0) is 17.6. The molecule has 0 unspecified atom stereocenters. The Morgan fingerprint density at radius 1 is 1.40 bits per heavy atom. The van der Waals surface area contributed by atoms with Gasteiger partial charge >= 0.3 is 5.97 Å². The number of aromatic nitrogens is 1. The molecule has 3 rings (SSSR count). The van der Waals surface area contributed by atoms with Crippen LogP contribution < -0.4 is 5.32 Å². The van der Waals surface area contributed by atoms with Crippen LogP contribution in [0.3, 0.4) is 0 Å². The number of carbonyl (C=O) groups is 1. The second-order valence-corrected chi connectivity index (χ2v) is 5.81. The molecule has 1 aromatic heterocycles. The smallest absolute Gasteiger partial charge is 0.341 e. The molecule has 0 radical (unpaired) electrons. The van der Waals surface area contributed by atoms with E-state index in [1.165, 1.54) is 18.3 Å². The standard InChI is InChI=1S/C18H22FN3O3/c1-2-25-18(23)15-12-21-16-4-3-13(19)11-14(16)17(15)20-5-6-22-7-9-24-10-8-22/h3-4,11-12H,2,5-10H2,1H3,(H,20,21). The Labute approximate surface area is 145 Å². The first-order chi connectivity index (χ1) is 12.2. The van der Waals surface area contributed by atoms with Gasteiger partial charge in [0.2, 0.25) is 0 Å². The lowest BCUT2D eigenvalue weighted by Crippen LogP contribution is -2.39. The molecule has 1 saturated heterocycles. The number of hydrogen-bond acceptors (Lipinski definition) is 6. The van der Waals surface area contributed by atoms with Crippen LogP contribution >= 0.6 is 0 Å². The first kappa shape index (κ1) is 17.6. The van der Waals surface area contributed by atoms with Crippen molar-refractivity contribution in [3.8, 4) is 0 Å². The summed E-state index contributed by atoms with van der Waals surface area (Å²) in [6, 6.07) is 4.35. The molecule has 0 bridgehead atoms. The number of esters is 1. The van der Waals surface area contributed by atoms with Crippen molar-refractivity contribution in [3.05, 3.63) is 35.8 Å². The molecule has 25 heavy (non-hydrogen) atoms. The summed E-state index contributed by atoms with van der Waals surface area (Å²) in [7, 11) is 0. The third kappa shape index (κ3) is 4.24. The molecule has 134 valence electrons. The fourth-order valence-corrected chi connectivity index (χ4v) is 2.88. The van der Waals surface area contributed by atoms with Gasteiger partial charge in [-0.2, -0.15) is 0 Å². The van der Waals surface area contributed by atoms with Crippen LogP contribution in [-0.2, 0) is 9.47 Å². The minimum absolute atomic E-state index is 0.271. The van der Waals surface area contributed by atoms with Gasteiger partial charge in [0.15, 0.2) is 0 Å². The Morgan fingerprint density at radius 3 is 2.96 bits per heavy atom. The van der Waals surface area contributed by atoms with Gasteiger partial charge in [0.25, 0.3) is 0 Å². The number of benzene rings is 1. The van der Waals surface area contributed by atoms with Crippen molar-refractivity contribution in [3.63, 3.8) is 0 Å². The van der Waals surface area contributed by atoms with Crippen molar-refractivity contribution in [1.29, 1.82) is 0 Å². The molecule has 0 aliphatic carbocycles. The first-order valence-corrected chi connectivity index (χ1v) is 8.48. The van der Waals surface area contributed by atoms with E-state index in [4.69, 9.17) is 9.47 Å². The van der Waals surface area contributed by atoms with Crippen molar-refractivity contribution >= 4 is 22.6 Å². The third-order valence-corrected chi connectivity index (χ3v) is 4.16. The highest BCUT2D eigenvalue weighted by Crippen LogP contribution is 2.27. The number of pyridine rings is 1. The summed E-state index contributed by atoms with van der Waals surface area (Å²) >= 11 is 0. The number of fused-ring (bicyclic) bond motifs is 1. The summed E-state index contributed by atoms with van der Waals surface area (Å²) in [6.45, 7) is 6.70. The molecular formula is C18H22FN3O3. The molecule has 1 N–H and O–H groups in total. The summed E-state index contributed by atoms with van der Waals surface area (Å²) in [5, 5.41) is 3.86. The van der Waals surface area contributed by atoms with Crippen LogP contribution in [0.5, 0.6) is 0 Å². The maximum atomic E-state index is 13.7. The number of halogens is 1. The number of rotatable bonds is 6. The van der Waals surface area contributed by atoms with Crippen LogP contribution in [0.25, 0.3) is 10.9 Å². The predicted molar refractivity (Wildman–Crippen MR) is 93.4 cm³/mol. The van der Waals surface area contributed by atoms with E-state index in [1.54, 1.807) is 13.0 Å². The molecule has 2 aromatic rings. The van der Waals surface area contributed by atoms with Gasteiger partial charge in [-0.3, -0.25) is 9.88 Å². The molecule has 7 heteroatoms. The Kier molecular flexibility index (Phi) is 5.78. The summed E-state index contributed by atoms with van der Waals surface area (Å²) in [6.07, 6.45) is 1.48. The quantitative estimate of drug-likeness (QED) is 0.809. The van der Waals surface area contributed by atoms with Crippen LogP contribution in [0.1, 0.15) is 17.3 Å². The van der Waals surface area contributed by atoms with Crippen LogP contribution in [0.15, 0.2) is 24.4 Å². The van der Waals surface area contributed by atoms with Crippen LogP contribution in [-0.4, -0.2) is 61.9 Å². The van der Waals surface area contributed by atoms with E-state index in [-0.39, 0.29) is 12.4 Å². The second kappa shape index (κ2) is 8.22. The van der Waals surface area contributed by atoms with Gasteiger partial charge in [-0.05, 0) is 25.1 Å². The molecule has 1 aliphatic heterocycles. The largest absolute Gasteiger partial charge is 0.462 e. The fraction of sp³-hybridized carbons (Fsp3) is 0.444. The number of nitrogens with one attached hydrogen (secondary N) is 1. The van der Waals surface area contributed by atoms with Crippen LogP contribution in [0.2, 0.25) is 0 Å². The molecule has 0 atom stereocenters. The van der Waals surface area contributed by atoms with Gasteiger partial charge in [-0.1, -0.05) is 0 Å². The summed E-state index contributed by atoms with van der Waals surface area (Å²) < 4.78 is 24.2. The maximum Gasteiger partial charge on any atom is 0.341 e. The van der Waals surface area contributed by atoms with Gasteiger partial charge in [0, 0.05) is 37.8 Å². The lowest BCUT2D eigenvalue weighted by Gasteiger charge is -2.27. The van der Waals surface area contributed by atoms with Crippen molar-refractivity contribution in [2.24, 2.45) is 0 Å². The highest BCUT2D eigenvalue weighted by atomic mass is 19.1. The minimum Gasteiger partial charge on any atom is -0.462 e. The Balaban J connectivity index is 1.84. The number of morpholine rings is 1. The molecule has 1 aliphatic rings. The summed E-state index contributed by atoms with van der Waals surface area (Å²) in [4.78, 5) is 18.8. The van der Waals surface area contributed by atoms with Crippen molar-refractivity contribution in [2.45, 2.75) is 6.92 Å². The van der Waals surface area contributed by atoms with E-state index >= 15 is 0 Å². The molecule has 2 heterocycles. The van der Waals surface area contributed by atoms with Gasteiger partial charge in [0.1, 0.15) is 11.4 Å². The predicted octanol–water partition coefficient (Wildman–Crippen LogP) is 2.29. The molecule has 0 amide bonds. The second-order valence-electron chi connectivity index (χ2n) is 5.81. The zero-order valence-corrected chi connectivity index (χ0v) is 14.3. The average molecular weight is 347 g/mol. The molecule has 0 saturated carbocycles. The fourth-order valence-electron chi connectivity index (χ4n) is 2.88. The SMILES string of the molecule is CCOC(=O)c1cnc2ccc(F)cc2c1NCCN1CCOCC1. The van der Waals surface area contributed by atoms with Crippen molar-refractivity contribution in [1.82, 2.24) is 9.88 Å². The maximum absolute atomic E-state index is 13.7. The van der Waals surface area contributed by atoms with Crippen LogP contribution in [0.4, 0.5) is 10.1 Å². The molecular weight excluding hydrogens is 325 g/mol. The zero-order valence-electron chi connectivity index (χ0n) is 14.3. The van der Waals surface area contributed by atoms with E-state index in [0.717, 1.165) is 32.8 Å². The monoisotopic (exact) mass is 347 g/mol. The molecule has 6 nitrogen and oxygen atoms in total. The normalized spacial score (nSPS) is 15.3. The molecule has 1 fully saturated rings. The average Bonchev–Trinajstić information content (AvgIpc) is 2.63. The highest BCUT2D eigenvalue weighted by molar-refractivity contribution is 6.04. The summed E-state index contributed by atoms with van der Waals surface area (Å²) in [5.74, 6) is -0.832. The Hall–Kier alpha value is -2.25. The lowest BCUT2D eigenvalue weighted by molar-refractivity contribution is 0.0398.